The third-order valence-corrected chi connectivity index (χ3v) is 4.09. The number of carbonyl (C=O) groups excluding carboxylic acids is 1. The van der Waals surface area contributed by atoms with Crippen molar-refractivity contribution < 1.29 is 13.6 Å². The first-order valence-corrected chi connectivity index (χ1v) is 7.98. The highest BCUT2D eigenvalue weighted by molar-refractivity contribution is 6.12. The standard InChI is InChI=1S/C19H13F2N5O/c20-13-4-5-16(15(21)9-13)26-18(22)14(10-25-26)17(27)11-2-1-3-12(8-11)19-23-6-7-24-19/h1-10H,22H2,(H,23,24). The zero-order valence-electron chi connectivity index (χ0n) is 13.9. The normalized spacial score (nSPS) is 10.9. The maximum Gasteiger partial charge on any atom is 0.198 e. The Morgan fingerprint density at radius 1 is 1.15 bits per heavy atom. The smallest absolute Gasteiger partial charge is 0.198 e. The average Bonchev–Trinajstić information content (AvgIpc) is 3.32. The number of benzene rings is 2. The van der Waals surface area contributed by atoms with Gasteiger partial charge in [-0.25, -0.2) is 18.4 Å². The van der Waals surface area contributed by atoms with Crippen LogP contribution in [0.3, 0.4) is 0 Å². The van der Waals surface area contributed by atoms with Crippen molar-refractivity contribution in [3.05, 3.63) is 83.8 Å². The largest absolute Gasteiger partial charge is 0.383 e. The van der Waals surface area contributed by atoms with E-state index in [9.17, 15) is 13.6 Å². The van der Waals surface area contributed by atoms with Gasteiger partial charge in [-0.1, -0.05) is 18.2 Å². The molecule has 0 fully saturated rings. The summed E-state index contributed by atoms with van der Waals surface area (Å²) in [6.07, 6.45) is 4.56. The quantitative estimate of drug-likeness (QED) is 0.543. The fourth-order valence-electron chi connectivity index (χ4n) is 2.76. The van der Waals surface area contributed by atoms with Gasteiger partial charge in [0.1, 0.15) is 23.1 Å². The van der Waals surface area contributed by atoms with E-state index in [-0.39, 0.29) is 22.9 Å². The summed E-state index contributed by atoms with van der Waals surface area (Å²) in [5, 5.41) is 3.99. The molecule has 3 N–H and O–H groups in total. The molecule has 0 unspecified atom stereocenters. The van der Waals surface area contributed by atoms with Crippen molar-refractivity contribution >= 4 is 11.6 Å². The lowest BCUT2D eigenvalue weighted by molar-refractivity contribution is 0.103. The van der Waals surface area contributed by atoms with E-state index < -0.39 is 11.6 Å². The Morgan fingerprint density at radius 3 is 2.74 bits per heavy atom. The number of ketones is 1. The van der Waals surface area contributed by atoms with Crippen LogP contribution in [0.25, 0.3) is 17.1 Å². The number of halogens is 2. The van der Waals surface area contributed by atoms with Gasteiger partial charge in [0.15, 0.2) is 11.6 Å². The summed E-state index contributed by atoms with van der Waals surface area (Å²) < 4.78 is 28.2. The van der Waals surface area contributed by atoms with E-state index in [0.717, 1.165) is 22.4 Å². The van der Waals surface area contributed by atoms with Gasteiger partial charge in [0, 0.05) is 29.6 Å². The monoisotopic (exact) mass is 365 g/mol. The minimum Gasteiger partial charge on any atom is -0.383 e. The summed E-state index contributed by atoms with van der Waals surface area (Å²) >= 11 is 0. The lowest BCUT2D eigenvalue weighted by Crippen LogP contribution is -2.08. The first-order chi connectivity index (χ1) is 13.0. The molecule has 4 aromatic rings. The van der Waals surface area contributed by atoms with Crippen LogP contribution >= 0.6 is 0 Å². The molecule has 0 saturated carbocycles. The first-order valence-electron chi connectivity index (χ1n) is 7.98. The minimum absolute atomic E-state index is 0.0334. The Bertz CT molecular complexity index is 1130. The van der Waals surface area contributed by atoms with Crippen molar-refractivity contribution in [2.45, 2.75) is 0 Å². The molecule has 8 heteroatoms. The molecule has 2 aromatic carbocycles. The van der Waals surface area contributed by atoms with Crippen molar-refractivity contribution in [2.24, 2.45) is 0 Å². The van der Waals surface area contributed by atoms with Gasteiger partial charge in [0.05, 0.1) is 11.8 Å². The summed E-state index contributed by atoms with van der Waals surface area (Å²) in [7, 11) is 0. The fraction of sp³-hybridized carbons (Fsp3) is 0. The van der Waals surface area contributed by atoms with Crippen molar-refractivity contribution in [1.82, 2.24) is 19.7 Å². The van der Waals surface area contributed by atoms with E-state index in [1.165, 1.54) is 12.3 Å². The fourth-order valence-corrected chi connectivity index (χ4v) is 2.76. The molecule has 0 amide bonds. The number of anilines is 1. The molecule has 4 rings (SSSR count). The second-order valence-corrected chi connectivity index (χ2v) is 5.80. The van der Waals surface area contributed by atoms with Gasteiger partial charge in [0.25, 0.3) is 0 Å². The summed E-state index contributed by atoms with van der Waals surface area (Å²) in [4.78, 5) is 20.0. The number of carbonyl (C=O) groups is 1. The molecule has 2 aromatic heterocycles. The van der Waals surface area contributed by atoms with E-state index >= 15 is 0 Å². The van der Waals surface area contributed by atoms with E-state index in [4.69, 9.17) is 5.73 Å². The van der Waals surface area contributed by atoms with Crippen LogP contribution in [-0.4, -0.2) is 25.5 Å². The SMILES string of the molecule is Nc1c(C(=O)c2cccc(-c3ncc[nH]3)c2)cnn1-c1ccc(F)cc1F. The molecule has 0 aliphatic carbocycles. The molecule has 0 saturated heterocycles. The molecular formula is C19H13F2N5O. The highest BCUT2D eigenvalue weighted by atomic mass is 19.1. The number of aromatic amines is 1. The summed E-state index contributed by atoms with van der Waals surface area (Å²) in [5.41, 5.74) is 7.21. The van der Waals surface area contributed by atoms with Crippen LogP contribution in [0.5, 0.6) is 0 Å². The van der Waals surface area contributed by atoms with E-state index in [1.54, 1.807) is 30.6 Å². The number of hydrogen-bond acceptors (Lipinski definition) is 4. The molecule has 0 aliphatic rings. The number of rotatable bonds is 4. The summed E-state index contributed by atoms with van der Waals surface area (Å²) in [6, 6.07) is 9.89. The van der Waals surface area contributed by atoms with E-state index in [1.807, 2.05) is 6.07 Å². The molecule has 0 atom stereocenters. The van der Waals surface area contributed by atoms with Gasteiger partial charge < -0.3 is 10.7 Å². The molecule has 0 radical (unpaired) electrons. The van der Waals surface area contributed by atoms with Gasteiger partial charge in [-0.05, 0) is 18.2 Å². The number of nitrogens with zero attached hydrogens (tertiary/aromatic N) is 3. The zero-order chi connectivity index (χ0) is 19.0. The number of aromatic nitrogens is 4. The second-order valence-electron chi connectivity index (χ2n) is 5.80. The molecule has 27 heavy (non-hydrogen) atoms. The van der Waals surface area contributed by atoms with E-state index in [0.29, 0.717) is 11.4 Å². The lowest BCUT2D eigenvalue weighted by atomic mass is 10.0. The highest BCUT2D eigenvalue weighted by Gasteiger charge is 2.20. The van der Waals surface area contributed by atoms with Crippen molar-refractivity contribution in [1.29, 1.82) is 0 Å². The van der Waals surface area contributed by atoms with Gasteiger partial charge in [-0.15, -0.1) is 0 Å². The maximum absolute atomic E-state index is 14.0. The Morgan fingerprint density at radius 2 is 2.00 bits per heavy atom. The Kier molecular flexibility index (Phi) is 4.00. The molecular weight excluding hydrogens is 352 g/mol. The van der Waals surface area contributed by atoms with Crippen LogP contribution in [0.15, 0.2) is 61.1 Å². The molecule has 134 valence electrons. The van der Waals surface area contributed by atoms with Gasteiger partial charge in [-0.3, -0.25) is 4.79 Å². The lowest BCUT2D eigenvalue weighted by Gasteiger charge is -2.07. The van der Waals surface area contributed by atoms with Gasteiger partial charge >= 0.3 is 0 Å². The Balaban J connectivity index is 1.72. The van der Waals surface area contributed by atoms with Crippen LogP contribution < -0.4 is 5.73 Å². The van der Waals surface area contributed by atoms with Crippen molar-refractivity contribution in [3.8, 4) is 17.1 Å². The van der Waals surface area contributed by atoms with Gasteiger partial charge in [0.2, 0.25) is 0 Å². The van der Waals surface area contributed by atoms with E-state index in [2.05, 4.69) is 15.1 Å². The number of nitrogens with one attached hydrogen (secondary N) is 1. The van der Waals surface area contributed by atoms with Crippen LogP contribution in [0, 0.1) is 11.6 Å². The number of H-pyrrole nitrogens is 1. The molecule has 0 spiro atoms. The van der Waals surface area contributed by atoms with Crippen LogP contribution in [-0.2, 0) is 0 Å². The highest BCUT2D eigenvalue weighted by Crippen LogP contribution is 2.24. The van der Waals surface area contributed by atoms with Crippen molar-refractivity contribution in [3.63, 3.8) is 0 Å². The summed E-state index contributed by atoms with van der Waals surface area (Å²) in [6.45, 7) is 0. The molecule has 0 bridgehead atoms. The predicted octanol–water partition coefficient (Wildman–Crippen LogP) is 3.35. The molecule has 0 aliphatic heterocycles. The van der Waals surface area contributed by atoms with Gasteiger partial charge in [-0.2, -0.15) is 5.10 Å². The van der Waals surface area contributed by atoms with Crippen molar-refractivity contribution in [2.75, 3.05) is 5.73 Å². The third kappa shape index (κ3) is 2.97. The number of nitrogens with two attached hydrogens (primary N) is 1. The predicted molar refractivity (Wildman–Crippen MR) is 95.3 cm³/mol. The Labute approximate surface area is 152 Å². The maximum atomic E-state index is 14.0. The number of imidazole rings is 1. The second kappa shape index (κ2) is 6.49. The third-order valence-electron chi connectivity index (χ3n) is 4.09. The molecule has 2 heterocycles. The number of nitrogen functional groups attached to an aromatic ring is 1. The number of hydrogen-bond donors (Lipinski definition) is 2. The first kappa shape index (κ1) is 16.6. The molecule has 6 nitrogen and oxygen atoms in total. The zero-order valence-corrected chi connectivity index (χ0v) is 13.9. The van der Waals surface area contributed by atoms with Crippen LogP contribution in [0.1, 0.15) is 15.9 Å². The van der Waals surface area contributed by atoms with Crippen LogP contribution in [0.4, 0.5) is 14.6 Å². The van der Waals surface area contributed by atoms with Crippen LogP contribution in [0.2, 0.25) is 0 Å². The summed E-state index contributed by atoms with van der Waals surface area (Å²) in [5.74, 6) is -1.32. The topological polar surface area (TPSA) is 89.6 Å². The minimum atomic E-state index is -0.830. The Hall–Kier alpha value is -3.81. The average molecular weight is 365 g/mol.